The van der Waals surface area contributed by atoms with E-state index in [-0.39, 0.29) is 5.91 Å². The summed E-state index contributed by atoms with van der Waals surface area (Å²) in [6, 6.07) is 4.30. The van der Waals surface area contributed by atoms with Gasteiger partial charge in [0.2, 0.25) is 5.91 Å². The third-order valence-electron chi connectivity index (χ3n) is 4.24. The van der Waals surface area contributed by atoms with Gasteiger partial charge < -0.3 is 9.73 Å². The molecule has 22 heavy (non-hydrogen) atoms. The van der Waals surface area contributed by atoms with E-state index < -0.39 is 0 Å². The second-order valence-electron chi connectivity index (χ2n) is 6.62. The highest BCUT2D eigenvalue weighted by Crippen LogP contribution is 2.45. The summed E-state index contributed by atoms with van der Waals surface area (Å²) in [6.45, 7) is 6.91. The summed E-state index contributed by atoms with van der Waals surface area (Å²) < 4.78 is 6.06. The lowest BCUT2D eigenvalue weighted by Gasteiger charge is -2.30. The molecule has 1 aromatic carbocycles. The van der Waals surface area contributed by atoms with Crippen molar-refractivity contribution in [2.45, 2.75) is 56.1 Å². The first kappa shape index (κ1) is 15.5. The van der Waals surface area contributed by atoms with Crippen LogP contribution in [0.3, 0.4) is 0 Å². The van der Waals surface area contributed by atoms with Crippen molar-refractivity contribution in [2.75, 3.05) is 6.54 Å². The first-order chi connectivity index (χ1) is 10.5. The van der Waals surface area contributed by atoms with Crippen molar-refractivity contribution in [1.82, 2.24) is 5.32 Å². The minimum absolute atomic E-state index is 0.0352. The summed E-state index contributed by atoms with van der Waals surface area (Å²) in [5.41, 5.74) is 3.72. The lowest BCUT2D eigenvalue weighted by atomic mass is 9.95. The average molecular weight is 317 g/mol. The first-order valence-electron chi connectivity index (χ1n) is 7.92. The summed E-state index contributed by atoms with van der Waals surface area (Å²) >= 11 is 1.97. The number of thioether (sulfide) groups is 1. The number of rotatable bonds is 4. The van der Waals surface area contributed by atoms with Gasteiger partial charge in [-0.1, -0.05) is 13.8 Å². The predicted molar refractivity (Wildman–Crippen MR) is 91.5 cm³/mol. The number of carbonyl (C=O) groups excluding carboxylic acids is 1. The smallest absolute Gasteiger partial charge is 0.216 e. The third-order valence-corrected chi connectivity index (χ3v) is 5.60. The fourth-order valence-corrected chi connectivity index (χ4v) is 4.36. The zero-order valence-electron chi connectivity index (χ0n) is 13.5. The van der Waals surface area contributed by atoms with Gasteiger partial charge in [-0.05, 0) is 48.9 Å². The predicted octanol–water partition coefficient (Wildman–Crippen LogP) is 4.32. The van der Waals surface area contributed by atoms with E-state index in [4.69, 9.17) is 4.42 Å². The Balaban J connectivity index is 1.85. The summed E-state index contributed by atoms with van der Waals surface area (Å²) in [6.07, 6.45) is 6.09. The van der Waals surface area contributed by atoms with Crippen LogP contribution in [0.25, 0.3) is 11.0 Å². The zero-order valence-corrected chi connectivity index (χ0v) is 14.3. The molecule has 3 rings (SSSR count). The van der Waals surface area contributed by atoms with Crippen LogP contribution in [0.2, 0.25) is 0 Å². The van der Waals surface area contributed by atoms with Crippen LogP contribution in [0.4, 0.5) is 0 Å². The zero-order chi connectivity index (χ0) is 15.7. The van der Waals surface area contributed by atoms with E-state index in [1.165, 1.54) is 27.8 Å². The van der Waals surface area contributed by atoms with E-state index in [1.807, 2.05) is 18.0 Å². The Bertz CT molecular complexity index is 702. The summed E-state index contributed by atoms with van der Waals surface area (Å²) in [4.78, 5) is 12.3. The maximum absolute atomic E-state index is 10.9. The Morgan fingerprint density at radius 2 is 2.23 bits per heavy atom. The molecule has 2 aromatic rings. The molecule has 0 bridgehead atoms. The number of hydrogen-bond acceptors (Lipinski definition) is 3. The Morgan fingerprint density at radius 1 is 1.41 bits per heavy atom. The van der Waals surface area contributed by atoms with E-state index in [0.29, 0.717) is 4.75 Å². The topological polar surface area (TPSA) is 42.2 Å². The summed E-state index contributed by atoms with van der Waals surface area (Å²) in [5.74, 6) is 0.0352. The van der Waals surface area contributed by atoms with Gasteiger partial charge in [0.1, 0.15) is 5.58 Å². The maximum atomic E-state index is 10.9. The van der Waals surface area contributed by atoms with Crippen molar-refractivity contribution >= 4 is 28.6 Å². The van der Waals surface area contributed by atoms with Gasteiger partial charge in [-0.3, -0.25) is 4.79 Å². The van der Waals surface area contributed by atoms with Gasteiger partial charge in [-0.2, -0.15) is 0 Å². The van der Waals surface area contributed by atoms with E-state index in [1.54, 1.807) is 6.92 Å². The largest absolute Gasteiger partial charge is 0.464 e. The second kappa shape index (κ2) is 5.99. The fourth-order valence-electron chi connectivity index (χ4n) is 3.10. The van der Waals surface area contributed by atoms with Crippen molar-refractivity contribution in [1.29, 1.82) is 0 Å². The van der Waals surface area contributed by atoms with E-state index >= 15 is 0 Å². The van der Waals surface area contributed by atoms with Crippen LogP contribution in [-0.4, -0.2) is 17.2 Å². The van der Waals surface area contributed by atoms with E-state index in [2.05, 4.69) is 31.3 Å². The quantitative estimate of drug-likeness (QED) is 0.854. The highest BCUT2D eigenvalue weighted by Gasteiger charge is 2.28. The molecule has 1 aromatic heterocycles. The molecule has 0 unspecified atom stereocenters. The Morgan fingerprint density at radius 3 is 3.00 bits per heavy atom. The van der Waals surface area contributed by atoms with Crippen molar-refractivity contribution in [3.8, 4) is 0 Å². The Labute approximate surface area is 135 Å². The van der Waals surface area contributed by atoms with E-state index in [0.717, 1.165) is 31.4 Å². The lowest BCUT2D eigenvalue weighted by molar-refractivity contribution is -0.118. The number of amides is 1. The van der Waals surface area contributed by atoms with Gasteiger partial charge in [0.25, 0.3) is 0 Å². The molecule has 1 amide bonds. The normalized spacial score (nSPS) is 16.5. The van der Waals surface area contributed by atoms with Crippen molar-refractivity contribution in [3.63, 3.8) is 0 Å². The molecule has 0 atom stereocenters. The third kappa shape index (κ3) is 3.17. The molecule has 118 valence electrons. The fraction of sp³-hybridized carbons (Fsp3) is 0.500. The minimum atomic E-state index is 0.0352. The minimum Gasteiger partial charge on any atom is -0.464 e. The number of nitrogens with one attached hydrogen (secondary N) is 1. The molecule has 0 saturated carbocycles. The van der Waals surface area contributed by atoms with Crippen LogP contribution in [0.15, 0.2) is 27.7 Å². The van der Waals surface area contributed by atoms with Crippen LogP contribution >= 0.6 is 11.8 Å². The van der Waals surface area contributed by atoms with Crippen LogP contribution in [-0.2, 0) is 17.6 Å². The maximum Gasteiger partial charge on any atom is 0.216 e. The molecule has 1 aliphatic heterocycles. The summed E-state index contributed by atoms with van der Waals surface area (Å²) in [7, 11) is 0. The standard InChI is InChI=1S/C18H23NO2S/c1-12(20)19-10-4-5-13-11-21-15-6-7-16-14(17(13)15)8-9-18(2,3)22-16/h6-7,11H,4-5,8-10H2,1-3H3,(H,19,20). The van der Waals surface area contributed by atoms with Gasteiger partial charge in [-0.15, -0.1) is 11.8 Å². The molecule has 0 spiro atoms. The van der Waals surface area contributed by atoms with E-state index in [9.17, 15) is 4.79 Å². The summed E-state index contributed by atoms with van der Waals surface area (Å²) in [5, 5.41) is 4.16. The van der Waals surface area contributed by atoms with Crippen LogP contribution in [0, 0.1) is 0 Å². The van der Waals surface area contributed by atoms with Gasteiger partial charge in [0.05, 0.1) is 6.26 Å². The van der Waals surface area contributed by atoms with Gasteiger partial charge >= 0.3 is 0 Å². The monoisotopic (exact) mass is 317 g/mol. The van der Waals surface area contributed by atoms with Gasteiger partial charge in [0.15, 0.2) is 0 Å². The van der Waals surface area contributed by atoms with Crippen molar-refractivity contribution in [2.24, 2.45) is 0 Å². The molecule has 2 heterocycles. The van der Waals surface area contributed by atoms with Gasteiger partial charge in [0, 0.05) is 28.5 Å². The highest BCUT2D eigenvalue weighted by atomic mass is 32.2. The molecule has 0 fully saturated rings. The molecule has 0 radical (unpaired) electrons. The average Bonchev–Trinajstić information content (AvgIpc) is 2.85. The van der Waals surface area contributed by atoms with Crippen LogP contribution in [0.5, 0.6) is 0 Å². The molecule has 3 nitrogen and oxygen atoms in total. The van der Waals surface area contributed by atoms with Crippen LogP contribution in [0.1, 0.15) is 44.7 Å². The molecular formula is C18H23NO2S. The Kier molecular flexibility index (Phi) is 4.22. The second-order valence-corrected chi connectivity index (χ2v) is 8.37. The molecule has 1 aliphatic rings. The SMILES string of the molecule is CC(=O)NCCCc1coc2ccc3c(c12)CCC(C)(C)S3. The van der Waals surface area contributed by atoms with Crippen LogP contribution < -0.4 is 5.32 Å². The molecule has 0 saturated heterocycles. The first-order valence-corrected chi connectivity index (χ1v) is 8.73. The number of furan rings is 1. The van der Waals surface area contributed by atoms with Crippen molar-refractivity contribution in [3.05, 3.63) is 29.5 Å². The molecule has 4 heteroatoms. The number of aryl methyl sites for hydroxylation is 2. The molecular weight excluding hydrogens is 294 g/mol. The number of fused-ring (bicyclic) bond motifs is 3. The van der Waals surface area contributed by atoms with Gasteiger partial charge in [-0.25, -0.2) is 0 Å². The lowest BCUT2D eigenvalue weighted by Crippen LogP contribution is -2.21. The Hall–Kier alpha value is -1.42. The number of carbonyl (C=O) groups is 1. The van der Waals surface area contributed by atoms with Crippen molar-refractivity contribution < 1.29 is 9.21 Å². The highest BCUT2D eigenvalue weighted by molar-refractivity contribution is 8.00. The number of hydrogen-bond donors (Lipinski definition) is 1. The molecule has 1 N–H and O–H groups in total. The number of benzene rings is 1. The molecule has 0 aliphatic carbocycles.